The van der Waals surface area contributed by atoms with Gasteiger partial charge in [-0.1, -0.05) is 0 Å². The van der Waals surface area contributed by atoms with Crippen LogP contribution in [0, 0.1) is 0 Å². The Labute approximate surface area is 110 Å². The number of likely N-dealkylation sites (N-methyl/N-ethyl adjacent to an activating group) is 1. The molecule has 1 rings (SSSR count). The number of anilines is 1. The second kappa shape index (κ2) is 6.95. The average molecular weight is 274 g/mol. The Bertz CT molecular complexity index is 413. The summed E-state index contributed by atoms with van der Waals surface area (Å²) in [7, 11) is 0. The van der Waals surface area contributed by atoms with Gasteiger partial charge in [0.15, 0.2) is 0 Å². The van der Waals surface area contributed by atoms with Crippen molar-refractivity contribution in [1.29, 1.82) is 0 Å². The predicted molar refractivity (Wildman–Crippen MR) is 67.8 cm³/mol. The highest BCUT2D eigenvalue weighted by atomic mass is 35.5. The first-order valence-electron chi connectivity index (χ1n) is 5.60. The summed E-state index contributed by atoms with van der Waals surface area (Å²) in [5, 5.41) is 5.40. The van der Waals surface area contributed by atoms with E-state index in [2.05, 4.69) is 25.6 Å². The summed E-state index contributed by atoms with van der Waals surface area (Å²) in [6, 6.07) is 0.128. The molecular formula is C10H16ClN5O2. The summed E-state index contributed by atoms with van der Waals surface area (Å²) < 4.78 is 5.30. The predicted octanol–water partition coefficient (Wildman–Crippen LogP) is 0.860. The van der Waals surface area contributed by atoms with Crippen molar-refractivity contribution in [2.75, 3.05) is 18.4 Å². The molecule has 1 heterocycles. The zero-order valence-electron chi connectivity index (χ0n) is 10.5. The molecule has 18 heavy (non-hydrogen) atoms. The Balaban J connectivity index is 2.65. The van der Waals surface area contributed by atoms with E-state index in [1.165, 1.54) is 0 Å². The van der Waals surface area contributed by atoms with Gasteiger partial charge in [-0.05, 0) is 32.4 Å². The summed E-state index contributed by atoms with van der Waals surface area (Å²) in [5.74, 6) is 0.0530. The highest BCUT2D eigenvalue weighted by molar-refractivity contribution is 6.28. The van der Waals surface area contributed by atoms with Gasteiger partial charge < -0.3 is 15.4 Å². The zero-order chi connectivity index (χ0) is 13.5. The van der Waals surface area contributed by atoms with Gasteiger partial charge in [-0.3, -0.25) is 4.79 Å². The van der Waals surface area contributed by atoms with E-state index in [4.69, 9.17) is 16.3 Å². The summed E-state index contributed by atoms with van der Waals surface area (Å²) in [6.07, 6.45) is -0.0697. The SMILES string of the molecule is CCNC(=O)CNc1nc(Cl)nc(OC(C)C)n1. The van der Waals surface area contributed by atoms with Crippen molar-refractivity contribution in [3.63, 3.8) is 0 Å². The third kappa shape index (κ3) is 5.13. The molecule has 0 spiro atoms. The molecule has 100 valence electrons. The number of nitrogens with zero attached hydrogens (tertiary/aromatic N) is 3. The number of carbonyl (C=O) groups excluding carboxylic acids is 1. The first-order valence-corrected chi connectivity index (χ1v) is 5.98. The maximum atomic E-state index is 11.3. The molecule has 1 aromatic rings. The molecule has 0 atom stereocenters. The Morgan fingerprint density at radius 2 is 2.11 bits per heavy atom. The molecule has 1 amide bonds. The van der Waals surface area contributed by atoms with E-state index in [0.717, 1.165) is 0 Å². The lowest BCUT2D eigenvalue weighted by Gasteiger charge is -2.09. The van der Waals surface area contributed by atoms with Crippen LogP contribution in [0.25, 0.3) is 0 Å². The lowest BCUT2D eigenvalue weighted by Crippen LogP contribution is -2.30. The van der Waals surface area contributed by atoms with Crippen molar-refractivity contribution in [3.05, 3.63) is 5.28 Å². The van der Waals surface area contributed by atoms with Gasteiger partial charge in [0.25, 0.3) is 0 Å². The van der Waals surface area contributed by atoms with Crippen molar-refractivity contribution in [2.45, 2.75) is 26.9 Å². The van der Waals surface area contributed by atoms with Crippen LogP contribution in [0.5, 0.6) is 6.01 Å². The second-order valence-corrected chi connectivity index (χ2v) is 4.02. The fraction of sp³-hybridized carbons (Fsp3) is 0.600. The van der Waals surface area contributed by atoms with Gasteiger partial charge in [0.2, 0.25) is 17.1 Å². The number of hydrogen-bond donors (Lipinski definition) is 2. The van der Waals surface area contributed by atoms with Crippen molar-refractivity contribution >= 4 is 23.5 Å². The van der Waals surface area contributed by atoms with E-state index in [9.17, 15) is 4.79 Å². The van der Waals surface area contributed by atoms with Crippen LogP contribution in [-0.4, -0.2) is 40.1 Å². The van der Waals surface area contributed by atoms with Crippen molar-refractivity contribution < 1.29 is 9.53 Å². The minimum atomic E-state index is -0.152. The number of amides is 1. The maximum Gasteiger partial charge on any atom is 0.322 e. The molecule has 7 nitrogen and oxygen atoms in total. The number of nitrogens with one attached hydrogen (secondary N) is 2. The highest BCUT2D eigenvalue weighted by Crippen LogP contribution is 2.12. The van der Waals surface area contributed by atoms with E-state index >= 15 is 0 Å². The molecule has 0 aliphatic heterocycles. The van der Waals surface area contributed by atoms with Gasteiger partial charge in [0.05, 0.1) is 12.6 Å². The van der Waals surface area contributed by atoms with Gasteiger partial charge in [0, 0.05) is 6.54 Å². The van der Waals surface area contributed by atoms with Gasteiger partial charge in [0.1, 0.15) is 0 Å². The normalized spacial score (nSPS) is 10.3. The lowest BCUT2D eigenvalue weighted by molar-refractivity contribution is -0.119. The molecule has 1 aromatic heterocycles. The third-order valence-corrected chi connectivity index (χ3v) is 1.88. The Kier molecular flexibility index (Phi) is 5.57. The van der Waals surface area contributed by atoms with E-state index in [1.54, 1.807) is 0 Å². The molecule has 2 N–H and O–H groups in total. The average Bonchev–Trinajstić information content (AvgIpc) is 2.25. The molecule has 0 bridgehead atoms. The molecule has 0 aliphatic carbocycles. The van der Waals surface area contributed by atoms with Crippen LogP contribution in [0.2, 0.25) is 5.28 Å². The van der Waals surface area contributed by atoms with Crippen LogP contribution in [0.4, 0.5) is 5.95 Å². The van der Waals surface area contributed by atoms with Gasteiger partial charge in [-0.15, -0.1) is 0 Å². The Hall–Kier alpha value is -1.63. The monoisotopic (exact) mass is 273 g/mol. The summed E-state index contributed by atoms with van der Waals surface area (Å²) >= 11 is 5.73. The topological polar surface area (TPSA) is 89.0 Å². The van der Waals surface area contributed by atoms with Crippen molar-refractivity contribution in [1.82, 2.24) is 20.3 Å². The number of halogens is 1. The fourth-order valence-electron chi connectivity index (χ4n) is 1.09. The van der Waals surface area contributed by atoms with Crippen LogP contribution >= 0.6 is 11.6 Å². The highest BCUT2D eigenvalue weighted by Gasteiger charge is 2.08. The van der Waals surface area contributed by atoms with E-state index in [1.807, 2.05) is 20.8 Å². The second-order valence-electron chi connectivity index (χ2n) is 3.68. The van der Waals surface area contributed by atoms with Gasteiger partial charge in [-0.25, -0.2) is 0 Å². The summed E-state index contributed by atoms with van der Waals surface area (Å²) in [5.41, 5.74) is 0. The number of rotatable bonds is 6. The lowest BCUT2D eigenvalue weighted by atomic mass is 10.5. The van der Waals surface area contributed by atoms with Crippen LogP contribution in [-0.2, 0) is 4.79 Å². The van der Waals surface area contributed by atoms with Gasteiger partial charge >= 0.3 is 6.01 Å². The smallest absolute Gasteiger partial charge is 0.322 e. The molecule has 0 aliphatic rings. The van der Waals surface area contributed by atoms with E-state index in [0.29, 0.717) is 6.54 Å². The standard InChI is InChI=1S/C10H16ClN5O2/c1-4-12-7(17)5-13-9-14-8(11)15-10(16-9)18-6(2)3/h6H,4-5H2,1-3H3,(H,12,17)(H,13,14,15,16). The first-order chi connectivity index (χ1) is 8.51. The first kappa shape index (κ1) is 14.4. The molecule has 8 heteroatoms. The molecule has 0 radical (unpaired) electrons. The third-order valence-electron chi connectivity index (χ3n) is 1.71. The summed E-state index contributed by atoms with van der Waals surface area (Å²) in [4.78, 5) is 22.9. The van der Waals surface area contributed by atoms with Gasteiger partial charge in [-0.2, -0.15) is 15.0 Å². The van der Waals surface area contributed by atoms with Crippen LogP contribution < -0.4 is 15.4 Å². The number of aromatic nitrogens is 3. The largest absolute Gasteiger partial charge is 0.461 e. The van der Waals surface area contributed by atoms with E-state index in [-0.39, 0.29) is 35.8 Å². The fourth-order valence-corrected chi connectivity index (χ4v) is 1.25. The quantitative estimate of drug-likeness (QED) is 0.799. The minimum Gasteiger partial charge on any atom is -0.461 e. The molecular weight excluding hydrogens is 258 g/mol. The van der Waals surface area contributed by atoms with Crippen molar-refractivity contribution in [3.8, 4) is 6.01 Å². The molecule has 0 aromatic carbocycles. The number of carbonyl (C=O) groups is 1. The molecule has 0 saturated heterocycles. The van der Waals surface area contributed by atoms with Crippen LogP contribution in [0.1, 0.15) is 20.8 Å². The molecule has 0 unspecified atom stereocenters. The summed E-state index contributed by atoms with van der Waals surface area (Å²) in [6.45, 7) is 6.17. The molecule has 0 fully saturated rings. The minimum absolute atomic E-state index is 0.0130. The number of ether oxygens (including phenoxy) is 1. The van der Waals surface area contributed by atoms with Crippen molar-refractivity contribution in [2.24, 2.45) is 0 Å². The van der Waals surface area contributed by atoms with E-state index < -0.39 is 0 Å². The maximum absolute atomic E-state index is 11.3. The Morgan fingerprint density at radius 1 is 1.39 bits per heavy atom. The zero-order valence-corrected chi connectivity index (χ0v) is 11.3. The Morgan fingerprint density at radius 3 is 2.72 bits per heavy atom. The van der Waals surface area contributed by atoms with Crippen LogP contribution in [0.15, 0.2) is 0 Å². The number of hydrogen-bond acceptors (Lipinski definition) is 6. The molecule has 0 saturated carbocycles. The van der Waals surface area contributed by atoms with Crippen LogP contribution in [0.3, 0.4) is 0 Å².